The lowest BCUT2D eigenvalue weighted by atomic mass is 10.0. The first kappa shape index (κ1) is 20.5. The molecule has 0 amide bonds. The lowest BCUT2D eigenvalue weighted by molar-refractivity contribution is 0.406. The summed E-state index contributed by atoms with van der Waals surface area (Å²) in [4.78, 5) is 0.303. The van der Waals surface area contributed by atoms with Crippen molar-refractivity contribution >= 4 is 10.0 Å². The number of aryl methyl sites for hydroxylation is 3. The molecule has 0 unspecified atom stereocenters. The maximum absolute atomic E-state index is 13.0. The summed E-state index contributed by atoms with van der Waals surface area (Å²) in [5, 5.41) is 0. The third-order valence-electron chi connectivity index (χ3n) is 4.80. The summed E-state index contributed by atoms with van der Waals surface area (Å²) in [5.74, 6) is 0.885. The Morgan fingerprint density at radius 2 is 1.58 bits per heavy atom. The predicted molar refractivity (Wildman–Crippen MR) is 106 cm³/mol. The van der Waals surface area contributed by atoms with Crippen molar-refractivity contribution in [3.8, 4) is 5.75 Å². The van der Waals surface area contributed by atoms with Crippen molar-refractivity contribution in [2.24, 2.45) is 0 Å². The summed E-state index contributed by atoms with van der Waals surface area (Å²) in [6.07, 6.45) is 0. The van der Waals surface area contributed by atoms with Crippen molar-refractivity contribution in [2.75, 3.05) is 7.11 Å². The van der Waals surface area contributed by atoms with Crippen LogP contribution >= 0.6 is 0 Å². The van der Waals surface area contributed by atoms with Crippen LogP contribution in [0.5, 0.6) is 5.75 Å². The standard InChI is InChI=1S/C21H29NO3S/c1-13(2)19-12-21(16(5)11-20(19)25-7)26(23,24)22-17(6)18-9-8-14(3)15(4)10-18/h8-13,17,22H,1-7H3/t17-/m0/s1. The van der Waals surface area contributed by atoms with E-state index in [2.05, 4.69) is 4.72 Å². The number of hydrogen-bond acceptors (Lipinski definition) is 3. The lowest BCUT2D eigenvalue weighted by Crippen LogP contribution is -2.27. The maximum Gasteiger partial charge on any atom is 0.241 e. The molecule has 142 valence electrons. The van der Waals surface area contributed by atoms with Gasteiger partial charge in [0.05, 0.1) is 12.0 Å². The minimum absolute atomic E-state index is 0.164. The number of sulfonamides is 1. The van der Waals surface area contributed by atoms with Gasteiger partial charge >= 0.3 is 0 Å². The zero-order valence-corrected chi connectivity index (χ0v) is 17.5. The Hall–Kier alpha value is -1.85. The van der Waals surface area contributed by atoms with E-state index < -0.39 is 10.0 Å². The first-order valence-corrected chi connectivity index (χ1v) is 10.3. The Balaban J connectivity index is 2.40. The summed E-state index contributed by atoms with van der Waals surface area (Å²) in [6, 6.07) is 9.23. The van der Waals surface area contributed by atoms with Gasteiger partial charge in [-0.1, -0.05) is 32.0 Å². The van der Waals surface area contributed by atoms with E-state index in [4.69, 9.17) is 4.74 Å². The molecule has 0 aromatic heterocycles. The number of nitrogens with one attached hydrogen (secondary N) is 1. The van der Waals surface area contributed by atoms with Gasteiger partial charge in [0.25, 0.3) is 0 Å². The third-order valence-corrected chi connectivity index (χ3v) is 6.48. The van der Waals surface area contributed by atoms with Gasteiger partial charge in [-0.25, -0.2) is 13.1 Å². The van der Waals surface area contributed by atoms with Gasteiger partial charge < -0.3 is 4.74 Å². The molecule has 0 radical (unpaired) electrons. The summed E-state index contributed by atoms with van der Waals surface area (Å²) in [7, 11) is -2.04. The third kappa shape index (κ3) is 4.27. The molecule has 0 aliphatic rings. The summed E-state index contributed by atoms with van der Waals surface area (Å²) in [6.45, 7) is 11.8. The number of methoxy groups -OCH3 is 1. The second kappa shape index (κ2) is 7.80. The molecule has 2 aromatic rings. The van der Waals surface area contributed by atoms with Crippen molar-refractivity contribution in [3.63, 3.8) is 0 Å². The Morgan fingerprint density at radius 1 is 0.923 bits per heavy atom. The van der Waals surface area contributed by atoms with Gasteiger partial charge in [-0.15, -0.1) is 0 Å². The first-order chi connectivity index (χ1) is 12.1. The fourth-order valence-electron chi connectivity index (χ4n) is 2.99. The van der Waals surface area contributed by atoms with Crippen LogP contribution in [0.4, 0.5) is 0 Å². The molecule has 5 heteroatoms. The molecular formula is C21H29NO3S. The van der Waals surface area contributed by atoms with Crippen LogP contribution in [0.1, 0.15) is 60.5 Å². The highest BCUT2D eigenvalue weighted by Crippen LogP contribution is 2.32. The fourth-order valence-corrected chi connectivity index (χ4v) is 4.49. The van der Waals surface area contributed by atoms with Crippen LogP contribution in [0.15, 0.2) is 35.2 Å². The quantitative estimate of drug-likeness (QED) is 0.790. The zero-order valence-electron chi connectivity index (χ0n) is 16.7. The average molecular weight is 376 g/mol. The molecule has 1 atom stereocenters. The Labute approximate surface area is 157 Å². The second-order valence-corrected chi connectivity index (χ2v) is 8.88. The van der Waals surface area contributed by atoms with Gasteiger partial charge in [-0.3, -0.25) is 0 Å². The van der Waals surface area contributed by atoms with Gasteiger partial charge in [0.15, 0.2) is 0 Å². The largest absolute Gasteiger partial charge is 0.496 e. The van der Waals surface area contributed by atoms with E-state index in [0.29, 0.717) is 10.5 Å². The van der Waals surface area contributed by atoms with Crippen LogP contribution in [0, 0.1) is 20.8 Å². The van der Waals surface area contributed by atoms with E-state index in [1.54, 1.807) is 26.2 Å². The van der Waals surface area contributed by atoms with Crippen molar-refractivity contribution in [1.82, 2.24) is 4.72 Å². The Morgan fingerprint density at radius 3 is 2.12 bits per heavy atom. The molecule has 0 heterocycles. The van der Waals surface area contributed by atoms with Crippen LogP contribution in [0.25, 0.3) is 0 Å². The minimum atomic E-state index is -3.65. The van der Waals surface area contributed by atoms with Gasteiger partial charge in [-0.05, 0) is 73.6 Å². The lowest BCUT2D eigenvalue weighted by Gasteiger charge is -2.19. The Kier molecular flexibility index (Phi) is 6.14. The van der Waals surface area contributed by atoms with E-state index in [1.807, 2.05) is 52.8 Å². The molecule has 1 N–H and O–H groups in total. The molecule has 0 saturated carbocycles. The molecule has 0 bridgehead atoms. The number of benzene rings is 2. The highest BCUT2D eigenvalue weighted by atomic mass is 32.2. The van der Waals surface area contributed by atoms with Crippen LogP contribution in [0.2, 0.25) is 0 Å². The smallest absolute Gasteiger partial charge is 0.241 e. The molecule has 2 aromatic carbocycles. The van der Waals surface area contributed by atoms with Gasteiger partial charge in [0.1, 0.15) is 5.75 Å². The van der Waals surface area contributed by atoms with Crippen molar-refractivity contribution < 1.29 is 13.2 Å². The fraction of sp³-hybridized carbons (Fsp3) is 0.429. The molecule has 0 aliphatic heterocycles. The minimum Gasteiger partial charge on any atom is -0.496 e. The number of ether oxygens (including phenoxy) is 1. The second-order valence-electron chi connectivity index (χ2n) is 7.20. The molecule has 0 aliphatic carbocycles. The predicted octanol–water partition coefficient (Wildman–Crippen LogP) is 4.78. The van der Waals surface area contributed by atoms with Crippen LogP contribution in [0.3, 0.4) is 0 Å². The number of hydrogen-bond donors (Lipinski definition) is 1. The highest BCUT2D eigenvalue weighted by Gasteiger charge is 2.23. The normalized spacial score (nSPS) is 13.1. The molecule has 26 heavy (non-hydrogen) atoms. The van der Waals surface area contributed by atoms with Crippen LogP contribution < -0.4 is 9.46 Å². The molecule has 0 saturated heterocycles. The summed E-state index contributed by atoms with van der Waals surface area (Å²) >= 11 is 0. The molecule has 2 rings (SSSR count). The molecular weight excluding hydrogens is 346 g/mol. The van der Waals surface area contributed by atoms with Crippen molar-refractivity contribution in [1.29, 1.82) is 0 Å². The monoisotopic (exact) mass is 375 g/mol. The molecule has 4 nitrogen and oxygen atoms in total. The summed E-state index contributed by atoms with van der Waals surface area (Å²) < 4.78 is 34.2. The summed E-state index contributed by atoms with van der Waals surface area (Å²) in [5.41, 5.74) is 4.85. The molecule has 0 fully saturated rings. The molecule has 0 spiro atoms. The van der Waals surface area contributed by atoms with Crippen LogP contribution in [-0.4, -0.2) is 15.5 Å². The number of rotatable bonds is 6. The first-order valence-electron chi connectivity index (χ1n) is 8.84. The SMILES string of the molecule is COc1cc(C)c(S(=O)(=O)N[C@@H](C)c2ccc(C)c(C)c2)cc1C(C)C. The van der Waals surface area contributed by atoms with Crippen molar-refractivity contribution in [3.05, 3.63) is 58.1 Å². The van der Waals surface area contributed by atoms with Gasteiger partial charge in [0.2, 0.25) is 10.0 Å². The van der Waals surface area contributed by atoms with Gasteiger partial charge in [-0.2, -0.15) is 0 Å². The van der Waals surface area contributed by atoms with E-state index in [1.165, 1.54) is 5.56 Å². The van der Waals surface area contributed by atoms with Crippen molar-refractivity contribution in [2.45, 2.75) is 58.4 Å². The zero-order chi connectivity index (χ0) is 19.6. The van der Waals surface area contributed by atoms with E-state index in [-0.39, 0.29) is 12.0 Å². The van der Waals surface area contributed by atoms with E-state index >= 15 is 0 Å². The topological polar surface area (TPSA) is 55.4 Å². The average Bonchev–Trinajstić information content (AvgIpc) is 2.55. The Bertz CT molecular complexity index is 902. The maximum atomic E-state index is 13.0. The highest BCUT2D eigenvalue weighted by molar-refractivity contribution is 7.89. The van der Waals surface area contributed by atoms with Crippen LogP contribution in [-0.2, 0) is 10.0 Å². The van der Waals surface area contributed by atoms with Gasteiger partial charge in [0, 0.05) is 6.04 Å². The van der Waals surface area contributed by atoms with E-state index in [9.17, 15) is 8.42 Å². The van der Waals surface area contributed by atoms with E-state index in [0.717, 1.165) is 22.4 Å².